The molecule has 94 valence electrons. The van der Waals surface area contributed by atoms with Crippen molar-refractivity contribution in [2.75, 3.05) is 12.8 Å². The molecule has 2 N–H and O–H groups in total. The van der Waals surface area contributed by atoms with Crippen molar-refractivity contribution in [2.24, 2.45) is 0 Å². The highest BCUT2D eigenvalue weighted by Crippen LogP contribution is 2.22. The van der Waals surface area contributed by atoms with Crippen molar-refractivity contribution in [2.45, 2.75) is 13.5 Å². The molecule has 5 heteroatoms. The Morgan fingerprint density at radius 2 is 2.28 bits per heavy atom. The Bertz CT molecular complexity index is 554. The Balaban J connectivity index is 2.48. The van der Waals surface area contributed by atoms with E-state index < -0.39 is 0 Å². The number of methoxy groups -OCH3 is 1. The Kier molecular flexibility index (Phi) is 3.32. The van der Waals surface area contributed by atoms with E-state index in [-0.39, 0.29) is 5.78 Å². The van der Waals surface area contributed by atoms with Crippen LogP contribution in [-0.4, -0.2) is 22.7 Å². The molecule has 2 aromatic rings. The van der Waals surface area contributed by atoms with E-state index in [9.17, 15) is 4.79 Å². The van der Waals surface area contributed by atoms with Crippen LogP contribution in [0.15, 0.2) is 30.5 Å². The van der Waals surface area contributed by atoms with E-state index in [4.69, 9.17) is 10.5 Å². The number of hydrogen-bond acceptors (Lipinski definition) is 4. The first-order valence-corrected chi connectivity index (χ1v) is 5.67. The molecular formula is C13H15N3O2. The third-order valence-electron chi connectivity index (χ3n) is 2.69. The van der Waals surface area contributed by atoms with Gasteiger partial charge in [0.25, 0.3) is 0 Å². The van der Waals surface area contributed by atoms with Gasteiger partial charge in [0.05, 0.1) is 13.3 Å². The molecular weight excluding hydrogens is 230 g/mol. The zero-order valence-electron chi connectivity index (χ0n) is 10.4. The Hall–Kier alpha value is -2.30. The van der Waals surface area contributed by atoms with Crippen LogP contribution in [0.5, 0.6) is 5.75 Å². The van der Waals surface area contributed by atoms with Gasteiger partial charge < -0.3 is 10.5 Å². The van der Waals surface area contributed by atoms with Crippen molar-refractivity contribution in [3.8, 4) is 5.75 Å². The van der Waals surface area contributed by atoms with Crippen LogP contribution in [0.4, 0.5) is 5.69 Å². The quantitative estimate of drug-likeness (QED) is 0.657. The summed E-state index contributed by atoms with van der Waals surface area (Å²) in [7, 11) is 1.52. The molecule has 0 fully saturated rings. The van der Waals surface area contributed by atoms with E-state index in [0.717, 1.165) is 0 Å². The fourth-order valence-corrected chi connectivity index (χ4v) is 1.80. The number of aryl methyl sites for hydroxylation is 1. The second-order valence-corrected chi connectivity index (χ2v) is 3.83. The lowest BCUT2D eigenvalue weighted by Crippen LogP contribution is -2.12. The molecule has 0 aliphatic carbocycles. The number of carbonyl (C=O) groups excluding carboxylic acids is 1. The van der Waals surface area contributed by atoms with Gasteiger partial charge in [0, 0.05) is 17.8 Å². The van der Waals surface area contributed by atoms with E-state index in [1.54, 1.807) is 35.1 Å². The molecule has 0 saturated carbocycles. The van der Waals surface area contributed by atoms with Gasteiger partial charge in [0.1, 0.15) is 0 Å². The Morgan fingerprint density at radius 3 is 2.89 bits per heavy atom. The van der Waals surface area contributed by atoms with Gasteiger partial charge in [-0.2, -0.15) is 5.10 Å². The fourth-order valence-electron chi connectivity index (χ4n) is 1.80. The molecule has 0 amide bonds. The van der Waals surface area contributed by atoms with Gasteiger partial charge in [-0.15, -0.1) is 0 Å². The highest BCUT2D eigenvalue weighted by Gasteiger charge is 2.20. The van der Waals surface area contributed by atoms with E-state index in [1.807, 2.05) is 6.92 Å². The first-order chi connectivity index (χ1) is 8.67. The molecule has 1 heterocycles. The van der Waals surface area contributed by atoms with Crippen LogP contribution < -0.4 is 10.5 Å². The summed E-state index contributed by atoms with van der Waals surface area (Å²) < 4.78 is 6.78. The summed E-state index contributed by atoms with van der Waals surface area (Å²) in [4.78, 5) is 12.4. The van der Waals surface area contributed by atoms with Gasteiger partial charge in [0.15, 0.2) is 11.4 Å². The zero-order chi connectivity index (χ0) is 13.1. The van der Waals surface area contributed by atoms with Crippen LogP contribution in [0, 0.1) is 0 Å². The first-order valence-electron chi connectivity index (χ1n) is 5.67. The summed E-state index contributed by atoms with van der Waals surface area (Å²) in [5.41, 5.74) is 7.22. The average molecular weight is 245 g/mol. The first kappa shape index (κ1) is 12.2. The SMILES string of the molecule is CCn1ncc(OC)c1C(=O)c1cccc(N)c1. The summed E-state index contributed by atoms with van der Waals surface area (Å²) in [6, 6.07) is 6.87. The van der Waals surface area contributed by atoms with Gasteiger partial charge in [0.2, 0.25) is 5.78 Å². The van der Waals surface area contributed by atoms with Crippen molar-refractivity contribution in [1.82, 2.24) is 9.78 Å². The predicted octanol–water partition coefficient (Wildman–Crippen LogP) is 1.72. The zero-order valence-corrected chi connectivity index (χ0v) is 10.4. The number of nitrogens with two attached hydrogens (primary N) is 1. The van der Waals surface area contributed by atoms with Gasteiger partial charge >= 0.3 is 0 Å². The van der Waals surface area contributed by atoms with Crippen molar-refractivity contribution in [1.29, 1.82) is 0 Å². The molecule has 2 rings (SSSR count). The number of ketones is 1. The summed E-state index contributed by atoms with van der Waals surface area (Å²) in [6.45, 7) is 2.52. The molecule has 1 aromatic carbocycles. The van der Waals surface area contributed by atoms with E-state index in [1.165, 1.54) is 7.11 Å². The number of nitrogen functional groups attached to an aromatic ring is 1. The third kappa shape index (κ3) is 2.07. The van der Waals surface area contributed by atoms with E-state index >= 15 is 0 Å². The molecule has 1 aromatic heterocycles. The largest absolute Gasteiger partial charge is 0.493 e. The Labute approximate surface area is 105 Å². The highest BCUT2D eigenvalue weighted by molar-refractivity contribution is 6.09. The number of benzene rings is 1. The monoisotopic (exact) mass is 245 g/mol. The number of nitrogens with zero attached hydrogens (tertiary/aromatic N) is 2. The molecule has 5 nitrogen and oxygen atoms in total. The van der Waals surface area contributed by atoms with Crippen LogP contribution >= 0.6 is 0 Å². The predicted molar refractivity (Wildman–Crippen MR) is 68.7 cm³/mol. The molecule has 0 bridgehead atoms. The average Bonchev–Trinajstić information content (AvgIpc) is 2.80. The van der Waals surface area contributed by atoms with Crippen LogP contribution in [-0.2, 0) is 6.54 Å². The number of hydrogen-bond donors (Lipinski definition) is 1. The van der Waals surface area contributed by atoms with Gasteiger partial charge in [-0.05, 0) is 19.1 Å². The molecule has 0 saturated heterocycles. The van der Waals surface area contributed by atoms with Gasteiger partial charge in [-0.3, -0.25) is 9.48 Å². The molecule has 0 aliphatic rings. The minimum atomic E-state index is -0.140. The Morgan fingerprint density at radius 1 is 1.50 bits per heavy atom. The smallest absolute Gasteiger partial charge is 0.214 e. The van der Waals surface area contributed by atoms with Crippen molar-refractivity contribution >= 4 is 11.5 Å². The molecule has 0 spiro atoms. The number of aromatic nitrogens is 2. The summed E-state index contributed by atoms with van der Waals surface area (Å²) in [5.74, 6) is 0.336. The highest BCUT2D eigenvalue weighted by atomic mass is 16.5. The fraction of sp³-hybridized carbons (Fsp3) is 0.231. The number of rotatable bonds is 4. The minimum Gasteiger partial charge on any atom is -0.493 e. The topological polar surface area (TPSA) is 70.1 Å². The number of ether oxygens (including phenoxy) is 1. The lowest BCUT2D eigenvalue weighted by molar-refractivity contribution is 0.102. The van der Waals surface area contributed by atoms with Crippen LogP contribution in [0.2, 0.25) is 0 Å². The third-order valence-corrected chi connectivity index (χ3v) is 2.69. The minimum absolute atomic E-state index is 0.140. The molecule has 0 aliphatic heterocycles. The van der Waals surface area contributed by atoms with Gasteiger partial charge in [-0.1, -0.05) is 12.1 Å². The maximum atomic E-state index is 12.4. The second-order valence-electron chi connectivity index (χ2n) is 3.83. The van der Waals surface area contributed by atoms with Gasteiger partial charge in [-0.25, -0.2) is 0 Å². The number of carbonyl (C=O) groups is 1. The molecule has 0 atom stereocenters. The van der Waals surface area contributed by atoms with Crippen molar-refractivity contribution in [3.63, 3.8) is 0 Å². The molecule has 18 heavy (non-hydrogen) atoms. The maximum absolute atomic E-state index is 12.4. The lowest BCUT2D eigenvalue weighted by Gasteiger charge is -2.06. The summed E-state index contributed by atoms with van der Waals surface area (Å²) >= 11 is 0. The summed E-state index contributed by atoms with van der Waals surface area (Å²) in [5, 5.41) is 4.11. The van der Waals surface area contributed by atoms with E-state index in [2.05, 4.69) is 5.10 Å². The molecule has 0 radical (unpaired) electrons. The van der Waals surface area contributed by atoms with Crippen LogP contribution in [0.3, 0.4) is 0 Å². The lowest BCUT2D eigenvalue weighted by atomic mass is 10.1. The maximum Gasteiger partial charge on any atom is 0.214 e. The normalized spacial score (nSPS) is 10.3. The van der Waals surface area contributed by atoms with Crippen molar-refractivity contribution in [3.05, 3.63) is 41.7 Å². The van der Waals surface area contributed by atoms with E-state index in [0.29, 0.717) is 29.2 Å². The van der Waals surface area contributed by atoms with Crippen LogP contribution in [0.1, 0.15) is 23.0 Å². The second kappa shape index (κ2) is 4.91. The van der Waals surface area contributed by atoms with Crippen LogP contribution in [0.25, 0.3) is 0 Å². The number of anilines is 1. The standard InChI is InChI=1S/C13H15N3O2/c1-3-16-12(11(18-2)8-15-16)13(17)9-5-4-6-10(14)7-9/h4-8H,3,14H2,1-2H3. The summed E-state index contributed by atoms with van der Waals surface area (Å²) in [6.07, 6.45) is 1.54. The molecule has 0 unspecified atom stereocenters. The van der Waals surface area contributed by atoms with Crippen molar-refractivity contribution < 1.29 is 9.53 Å².